The van der Waals surface area contributed by atoms with Crippen LogP contribution in [0.15, 0.2) is 17.5 Å². The van der Waals surface area contributed by atoms with Crippen LogP contribution in [0.2, 0.25) is 0 Å². The lowest BCUT2D eigenvalue weighted by molar-refractivity contribution is -0.135. The minimum Gasteiger partial charge on any atom is -0.329 e. The molecule has 2 N–H and O–H groups in total. The van der Waals surface area contributed by atoms with Gasteiger partial charge in [0.25, 0.3) is 0 Å². The molecule has 2 rings (SSSR count). The lowest BCUT2D eigenvalue weighted by atomic mass is 9.79. The van der Waals surface area contributed by atoms with Gasteiger partial charge in [-0.3, -0.25) is 9.59 Å². The van der Waals surface area contributed by atoms with Crippen molar-refractivity contribution < 1.29 is 9.59 Å². The summed E-state index contributed by atoms with van der Waals surface area (Å²) >= 11 is 1.61. The van der Waals surface area contributed by atoms with Gasteiger partial charge in [-0.05, 0) is 11.4 Å². The summed E-state index contributed by atoms with van der Waals surface area (Å²) in [5, 5.41) is 1.97. The van der Waals surface area contributed by atoms with E-state index in [1.54, 1.807) is 11.3 Å². The lowest BCUT2D eigenvalue weighted by Gasteiger charge is -2.24. The smallest absolute Gasteiger partial charge is 0.145 e. The zero-order valence-corrected chi connectivity index (χ0v) is 9.13. The van der Waals surface area contributed by atoms with Crippen LogP contribution in [0.3, 0.4) is 0 Å². The number of hydrogen-bond donors (Lipinski definition) is 1. The molecule has 1 saturated carbocycles. The third-order valence-corrected chi connectivity index (χ3v) is 3.89. The molecular weight excluding hydrogens is 210 g/mol. The topological polar surface area (TPSA) is 60.2 Å². The Morgan fingerprint density at radius 2 is 2.00 bits per heavy atom. The van der Waals surface area contributed by atoms with Gasteiger partial charge in [0.05, 0.1) is 5.92 Å². The van der Waals surface area contributed by atoms with Gasteiger partial charge in [-0.1, -0.05) is 6.07 Å². The Kier molecular flexibility index (Phi) is 2.98. The molecule has 1 fully saturated rings. The molecule has 3 nitrogen and oxygen atoms in total. The lowest BCUT2D eigenvalue weighted by Crippen LogP contribution is -2.37. The van der Waals surface area contributed by atoms with E-state index in [1.807, 2.05) is 17.5 Å². The summed E-state index contributed by atoms with van der Waals surface area (Å²) in [4.78, 5) is 24.4. The molecule has 4 heteroatoms. The van der Waals surface area contributed by atoms with Crippen LogP contribution in [0, 0.1) is 5.92 Å². The number of ketones is 2. The summed E-state index contributed by atoms with van der Waals surface area (Å²) in [7, 11) is 0. The first kappa shape index (κ1) is 10.5. The molecular formula is C11H13NO2S. The fraction of sp³-hybridized carbons (Fsp3) is 0.455. The van der Waals surface area contributed by atoms with Crippen molar-refractivity contribution in [2.75, 3.05) is 6.54 Å². The minimum absolute atomic E-state index is 0.00662. The maximum absolute atomic E-state index is 11.6. The van der Waals surface area contributed by atoms with Crippen molar-refractivity contribution >= 4 is 22.9 Å². The second-order valence-corrected chi connectivity index (χ2v) is 4.82. The quantitative estimate of drug-likeness (QED) is 0.770. The zero-order chi connectivity index (χ0) is 10.8. The normalized spacial score (nSPS) is 27.0. The molecule has 1 aliphatic rings. The van der Waals surface area contributed by atoms with Gasteiger partial charge in [-0.15, -0.1) is 11.3 Å². The molecule has 15 heavy (non-hydrogen) atoms. The van der Waals surface area contributed by atoms with Crippen LogP contribution in [-0.2, 0) is 9.59 Å². The van der Waals surface area contributed by atoms with Crippen LogP contribution in [0.4, 0.5) is 0 Å². The minimum atomic E-state index is -0.541. The standard InChI is InChI=1S/C11H13NO2S/c12-6-8-9(13)4-7(5-10(8)14)11-2-1-3-15-11/h1-3,7-8H,4-6,12H2. The molecule has 0 aromatic carbocycles. The van der Waals surface area contributed by atoms with E-state index in [1.165, 1.54) is 0 Å². The molecule has 1 heterocycles. The third-order valence-electron chi connectivity index (χ3n) is 2.85. The average molecular weight is 223 g/mol. The fourth-order valence-corrected chi connectivity index (χ4v) is 2.84. The molecule has 0 bridgehead atoms. The van der Waals surface area contributed by atoms with Gasteiger partial charge in [0, 0.05) is 30.2 Å². The summed E-state index contributed by atoms with van der Waals surface area (Å²) < 4.78 is 0. The third kappa shape index (κ3) is 2.01. The first-order valence-electron chi connectivity index (χ1n) is 5.01. The molecule has 1 aromatic rings. The Bertz CT molecular complexity index is 354. The second kappa shape index (κ2) is 4.24. The van der Waals surface area contributed by atoms with Gasteiger partial charge in [-0.2, -0.15) is 0 Å². The van der Waals surface area contributed by atoms with Gasteiger partial charge in [-0.25, -0.2) is 0 Å². The number of nitrogens with two attached hydrogens (primary N) is 1. The molecule has 0 amide bonds. The first-order chi connectivity index (χ1) is 7.22. The summed E-state index contributed by atoms with van der Waals surface area (Å²) in [6, 6.07) is 3.93. The molecule has 80 valence electrons. The van der Waals surface area contributed by atoms with Crippen LogP contribution in [0.25, 0.3) is 0 Å². The van der Waals surface area contributed by atoms with Gasteiger partial charge in [0.15, 0.2) is 0 Å². The molecule has 0 saturated heterocycles. The summed E-state index contributed by atoms with van der Waals surface area (Å²) in [6.45, 7) is 0.162. The number of carbonyl (C=O) groups excluding carboxylic acids is 2. The fourth-order valence-electron chi connectivity index (χ4n) is 2.01. The van der Waals surface area contributed by atoms with E-state index in [0.717, 1.165) is 4.88 Å². The van der Waals surface area contributed by atoms with Gasteiger partial charge < -0.3 is 5.73 Å². The monoisotopic (exact) mass is 223 g/mol. The predicted molar refractivity (Wildman–Crippen MR) is 58.9 cm³/mol. The Hall–Kier alpha value is -1.00. The predicted octanol–water partition coefficient (Wildman–Crippen LogP) is 1.34. The van der Waals surface area contributed by atoms with Crippen molar-refractivity contribution in [2.24, 2.45) is 11.7 Å². The highest BCUT2D eigenvalue weighted by Gasteiger charge is 2.35. The second-order valence-electron chi connectivity index (χ2n) is 3.84. The van der Waals surface area contributed by atoms with Crippen molar-refractivity contribution in [2.45, 2.75) is 18.8 Å². The molecule has 0 radical (unpaired) electrons. The molecule has 0 aliphatic heterocycles. The van der Waals surface area contributed by atoms with Crippen LogP contribution >= 0.6 is 11.3 Å². The first-order valence-corrected chi connectivity index (χ1v) is 5.89. The number of hydrogen-bond acceptors (Lipinski definition) is 4. The molecule has 1 aliphatic carbocycles. The van der Waals surface area contributed by atoms with E-state index < -0.39 is 5.92 Å². The zero-order valence-electron chi connectivity index (χ0n) is 8.31. The van der Waals surface area contributed by atoms with Crippen LogP contribution in [0.5, 0.6) is 0 Å². The SMILES string of the molecule is NCC1C(=O)CC(c2cccs2)CC1=O. The number of carbonyl (C=O) groups is 2. The van der Waals surface area contributed by atoms with Crippen molar-refractivity contribution in [3.63, 3.8) is 0 Å². The Morgan fingerprint density at radius 3 is 2.47 bits per heavy atom. The maximum Gasteiger partial charge on any atom is 0.145 e. The summed E-state index contributed by atoms with van der Waals surface area (Å²) in [5.74, 6) is -0.437. The van der Waals surface area contributed by atoms with Crippen LogP contribution in [0.1, 0.15) is 23.6 Å². The Balaban J connectivity index is 2.15. The summed E-state index contributed by atoms with van der Waals surface area (Å²) in [6.07, 6.45) is 0.933. The Morgan fingerprint density at radius 1 is 1.33 bits per heavy atom. The van der Waals surface area contributed by atoms with Crippen LogP contribution < -0.4 is 5.73 Å². The highest BCUT2D eigenvalue weighted by Crippen LogP contribution is 2.33. The van der Waals surface area contributed by atoms with E-state index in [-0.39, 0.29) is 24.0 Å². The Labute approximate surface area is 92.3 Å². The van der Waals surface area contributed by atoms with E-state index in [0.29, 0.717) is 12.8 Å². The number of rotatable bonds is 2. The maximum atomic E-state index is 11.6. The van der Waals surface area contributed by atoms with Crippen LogP contribution in [-0.4, -0.2) is 18.1 Å². The van der Waals surface area contributed by atoms with Crippen molar-refractivity contribution in [1.29, 1.82) is 0 Å². The van der Waals surface area contributed by atoms with E-state index in [4.69, 9.17) is 5.73 Å². The van der Waals surface area contributed by atoms with E-state index >= 15 is 0 Å². The van der Waals surface area contributed by atoms with Crippen molar-refractivity contribution in [3.05, 3.63) is 22.4 Å². The molecule has 0 unspecified atom stereocenters. The largest absolute Gasteiger partial charge is 0.329 e. The summed E-state index contributed by atoms with van der Waals surface area (Å²) in [5.41, 5.74) is 5.41. The molecule has 1 aromatic heterocycles. The highest BCUT2D eigenvalue weighted by molar-refractivity contribution is 7.10. The number of Topliss-reactive ketones (excluding diaryl/α,β-unsaturated/α-hetero) is 2. The van der Waals surface area contributed by atoms with E-state index in [2.05, 4.69) is 0 Å². The highest BCUT2D eigenvalue weighted by atomic mass is 32.1. The molecule has 0 spiro atoms. The molecule has 0 atom stereocenters. The van der Waals surface area contributed by atoms with E-state index in [9.17, 15) is 9.59 Å². The van der Waals surface area contributed by atoms with Crippen molar-refractivity contribution in [1.82, 2.24) is 0 Å². The number of thiophene rings is 1. The van der Waals surface area contributed by atoms with Crippen molar-refractivity contribution in [3.8, 4) is 0 Å². The van der Waals surface area contributed by atoms with Gasteiger partial charge in [0.2, 0.25) is 0 Å². The van der Waals surface area contributed by atoms with Gasteiger partial charge in [0.1, 0.15) is 11.6 Å². The average Bonchev–Trinajstić information content (AvgIpc) is 2.69. The van der Waals surface area contributed by atoms with Gasteiger partial charge >= 0.3 is 0 Å².